The van der Waals surface area contributed by atoms with E-state index in [9.17, 15) is 4.79 Å². The van der Waals surface area contributed by atoms with Crippen molar-refractivity contribution in [1.82, 2.24) is 15.3 Å². The lowest BCUT2D eigenvalue weighted by Crippen LogP contribution is -2.26. The van der Waals surface area contributed by atoms with Crippen molar-refractivity contribution in [3.05, 3.63) is 58.7 Å². The molecular formula is C20H21N3O3S. The molecule has 1 atom stereocenters. The Hall–Kier alpha value is -2.93. The Morgan fingerprint density at radius 3 is 2.67 bits per heavy atom. The Balaban J connectivity index is 1.83. The van der Waals surface area contributed by atoms with Crippen molar-refractivity contribution < 1.29 is 14.3 Å². The van der Waals surface area contributed by atoms with Gasteiger partial charge in [-0.1, -0.05) is 6.07 Å². The van der Waals surface area contributed by atoms with E-state index in [2.05, 4.69) is 15.3 Å². The number of hydrogen-bond donors (Lipinski definition) is 1. The first-order valence-electron chi connectivity index (χ1n) is 8.45. The van der Waals surface area contributed by atoms with E-state index in [4.69, 9.17) is 9.47 Å². The smallest absolute Gasteiger partial charge is 0.263 e. The van der Waals surface area contributed by atoms with Crippen LogP contribution in [0.25, 0.3) is 10.7 Å². The van der Waals surface area contributed by atoms with E-state index < -0.39 is 0 Å². The predicted octanol–water partition coefficient (Wildman–Crippen LogP) is 4.02. The Kier molecular flexibility index (Phi) is 5.71. The number of rotatable bonds is 6. The van der Waals surface area contributed by atoms with Crippen LogP contribution < -0.4 is 14.8 Å². The molecule has 0 aliphatic rings. The largest absolute Gasteiger partial charge is 0.497 e. The maximum absolute atomic E-state index is 12.8. The minimum Gasteiger partial charge on any atom is -0.497 e. The topological polar surface area (TPSA) is 73.3 Å². The lowest BCUT2D eigenvalue weighted by atomic mass is 10.1. The number of nitrogens with zero attached hydrogens (tertiary/aromatic N) is 2. The third-order valence-electron chi connectivity index (χ3n) is 4.14. The van der Waals surface area contributed by atoms with Crippen LogP contribution in [-0.2, 0) is 0 Å². The number of thiazole rings is 1. The third-order valence-corrected chi connectivity index (χ3v) is 5.32. The van der Waals surface area contributed by atoms with Crippen molar-refractivity contribution in [2.75, 3.05) is 14.2 Å². The summed E-state index contributed by atoms with van der Waals surface area (Å²) in [5.41, 5.74) is 2.28. The molecule has 3 rings (SSSR count). The molecule has 0 saturated heterocycles. The standard InChI is InChI=1S/C20H21N3O3S/c1-12(15-11-14(25-3)8-9-17(15)26-4)22-19(24)18-13(2)23-20(27-18)16-7-5-6-10-21-16/h5-12H,1-4H3,(H,22,24). The molecule has 6 nitrogen and oxygen atoms in total. The molecular weight excluding hydrogens is 362 g/mol. The van der Waals surface area contributed by atoms with E-state index in [1.54, 1.807) is 20.4 Å². The lowest BCUT2D eigenvalue weighted by molar-refractivity contribution is 0.0942. The van der Waals surface area contributed by atoms with E-state index in [-0.39, 0.29) is 11.9 Å². The summed E-state index contributed by atoms with van der Waals surface area (Å²) in [5.74, 6) is 1.22. The van der Waals surface area contributed by atoms with Crippen molar-refractivity contribution in [3.63, 3.8) is 0 Å². The zero-order chi connectivity index (χ0) is 19.4. The highest BCUT2D eigenvalue weighted by Crippen LogP contribution is 2.31. The molecule has 3 aromatic rings. The highest BCUT2D eigenvalue weighted by Gasteiger charge is 2.20. The van der Waals surface area contributed by atoms with E-state index in [1.165, 1.54) is 11.3 Å². The average molecular weight is 383 g/mol. The lowest BCUT2D eigenvalue weighted by Gasteiger charge is -2.18. The molecule has 7 heteroatoms. The number of benzene rings is 1. The van der Waals surface area contributed by atoms with Crippen molar-refractivity contribution in [2.24, 2.45) is 0 Å². The molecule has 140 valence electrons. The van der Waals surface area contributed by atoms with Crippen molar-refractivity contribution in [1.29, 1.82) is 0 Å². The molecule has 0 aliphatic carbocycles. The number of nitrogens with one attached hydrogen (secondary N) is 1. The van der Waals surface area contributed by atoms with E-state index in [0.29, 0.717) is 22.1 Å². The Bertz CT molecular complexity index is 941. The first kappa shape index (κ1) is 18.8. The number of amides is 1. The number of aryl methyl sites for hydroxylation is 1. The number of ether oxygens (including phenoxy) is 2. The molecule has 1 unspecified atom stereocenters. The molecule has 1 amide bonds. The summed E-state index contributed by atoms with van der Waals surface area (Å²) in [6.45, 7) is 3.74. The summed E-state index contributed by atoms with van der Waals surface area (Å²) >= 11 is 1.33. The van der Waals surface area contributed by atoms with Gasteiger partial charge in [-0.15, -0.1) is 11.3 Å². The Morgan fingerprint density at radius 2 is 2.00 bits per heavy atom. The quantitative estimate of drug-likeness (QED) is 0.696. The van der Waals surface area contributed by atoms with Crippen LogP contribution in [-0.4, -0.2) is 30.1 Å². The van der Waals surface area contributed by atoms with Crippen LogP contribution in [0.2, 0.25) is 0 Å². The molecule has 0 aliphatic heterocycles. The first-order chi connectivity index (χ1) is 13.0. The van der Waals surface area contributed by atoms with Gasteiger partial charge in [0.2, 0.25) is 0 Å². The molecule has 0 spiro atoms. The van der Waals surface area contributed by atoms with Gasteiger partial charge in [0, 0.05) is 11.8 Å². The fraction of sp³-hybridized carbons (Fsp3) is 0.250. The van der Waals surface area contributed by atoms with Crippen molar-refractivity contribution in [3.8, 4) is 22.2 Å². The van der Waals surface area contributed by atoms with Gasteiger partial charge in [-0.25, -0.2) is 4.98 Å². The zero-order valence-corrected chi connectivity index (χ0v) is 16.5. The van der Waals surface area contributed by atoms with E-state index >= 15 is 0 Å². The van der Waals surface area contributed by atoms with Crippen LogP contribution in [0.1, 0.15) is 33.9 Å². The Labute approximate surface area is 162 Å². The summed E-state index contributed by atoms with van der Waals surface area (Å²) in [6, 6.07) is 10.9. The maximum Gasteiger partial charge on any atom is 0.263 e. The second-order valence-corrected chi connectivity index (χ2v) is 6.95. The molecule has 0 fully saturated rings. The van der Waals surface area contributed by atoms with Gasteiger partial charge in [-0.2, -0.15) is 0 Å². The van der Waals surface area contributed by atoms with Gasteiger partial charge in [0.15, 0.2) is 0 Å². The van der Waals surface area contributed by atoms with Crippen molar-refractivity contribution in [2.45, 2.75) is 19.9 Å². The van der Waals surface area contributed by atoms with Crippen LogP contribution in [0.4, 0.5) is 0 Å². The van der Waals surface area contributed by atoms with Gasteiger partial charge in [0.05, 0.1) is 31.6 Å². The fourth-order valence-corrected chi connectivity index (χ4v) is 3.67. The molecule has 2 aromatic heterocycles. The molecule has 0 radical (unpaired) electrons. The molecule has 1 aromatic carbocycles. The van der Waals surface area contributed by atoms with Gasteiger partial charge in [0.25, 0.3) is 5.91 Å². The number of carbonyl (C=O) groups excluding carboxylic acids is 1. The molecule has 0 bridgehead atoms. The monoisotopic (exact) mass is 383 g/mol. The SMILES string of the molecule is COc1ccc(OC)c(C(C)NC(=O)c2sc(-c3ccccn3)nc2C)c1. The number of carbonyl (C=O) groups is 1. The molecule has 0 saturated carbocycles. The number of aromatic nitrogens is 2. The van der Waals surface area contributed by atoms with Gasteiger partial charge in [0.1, 0.15) is 21.4 Å². The number of methoxy groups -OCH3 is 2. The predicted molar refractivity (Wildman–Crippen MR) is 106 cm³/mol. The van der Waals surface area contributed by atoms with Crippen LogP contribution in [0, 0.1) is 6.92 Å². The molecule has 2 heterocycles. The Morgan fingerprint density at radius 1 is 1.19 bits per heavy atom. The molecule has 27 heavy (non-hydrogen) atoms. The molecule has 1 N–H and O–H groups in total. The first-order valence-corrected chi connectivity index (χ1v) is 9.26. The summed E-state index contributed by atoms with van der Waals surface area (Å²) in [6.07, 6.45) is 1.71. The van der Waals surface area contributed by atoms with Crippen LogP contribution >= 0.6 is 11.3 Å². The van der Waals surface area contributed by atoms with Gasteiger partial charge < -0.3 is 14.8 Å². The minimum atomic E-state index is -0.262. The summed E-state index contributed by atoms with van der Waals surface area (Å²) < 4.78 is 10.7. The van der Waals surface area contributed by atoms with Gasteiger partial charge >= 0.3 is 0 Å². The highest BCUT2D eigenvalue weighted by molar-refractivity contribution is 7.17. The highest BCUT2D eigenvalue weighted by atomic mass is 32.1. The minimum absolute atomic E-state index is 0.176. The van der Waals surface area contributed by atoms with Gasteiger partial charge in [-0.05, 0) is 44.2 Å². The summed E-state index contributed by atoms with van der Waals surface area (Å²) in [7, 11) is 3.21. The van der Waals surface area contributed by atoms with Crippen LogP contribution in [0.3, 0.4) is 0 Å². The fourth-order valence-electron chi connectivity index (χ4n) is 2.72. The second kappa shape index (κ2) is 8.18. The van der Waals surface area contributed by atoms with Crippen molar-refractivity contribution >= 4 is 17.2 Å². The number of pyridine rings is 1. The normalized spacial score (nSPS) is 11.7. The summed E-state index contributed by atoms with van der Waals surface area (Å²) in [4.78, 5) is 22.2. The van der Waals surface area contributed by atoms with E-state index in [1.807, 2.05) is 50.2 Å². The van der Waals surface area contributed by atoms with Crippen LogP contribution in [0.5, 0.6) is 11.5 Å². The van der Waals surface area contributed by atoms with Gasteiger partial charge in [-0.3, -0.25) is 9.78 Å². The second-order valence-electron chi connectivity index (χ2n) is 5.95. The zero-order valence-electron chi connectivity index (χ0n) is 15.6. The van der Waals surface area contributed by atoms with E-state index in [0.717, 1.165) is 16.3 Å². The third kappa shape index (κ3) is 4.09. The number of hydrogen-bond acceptors (Lipinski definition) is 6. The van der Waals surface area contributed by atoms with Crippen LogP contribution in [0.15, 0.2) is 42.6 Å². The maximum atomic E-state index is 12.8. The average Bonchev–Trinajstić information content (AvgIpc) is 3.09. The summed E-state index contributed by atoms with van der Waals surface area (Å²) in [5, 5.41) is 3.75.